The van der Waals surface area contributed by atoms with E-state index in [4.69, 9.17) is 28.8 Å². The molecule has 242 valence electrons. The van der Waals surface area contributed by atoms with Crippen molar-refractivity contribution < 1.29 is 42.7 Å². The van der Waals surface area contributed by atoms with E-state index < -0.39 is 24.7 Å². The van der Waals surface area contributed by atoms with E-state index in [0.717, 1.165) is 36.1 Å². The molecule has 1 aromatic heterocycles. The summed E-state index contributed by atoms with van der Waals surface area (Å²) in [6.45, 7) is 13.0. The zero-order chi connectivity index (χ0) is 31.5. The molecule has 3 rings (SSSR count). The van der Waals surface area contributed by atoms with Crippen LogP contribution in [0.25, 0.3) is 0 Å². The summed E-state index contributed by atoms with van der Waals surface area (Å²) in [4.78, 5) is 11.6. The van der Waals surface area contributed by atoms with Gasteiger partial charge in [-0.05, 0) is 40.0 Å². The lowest BCUT2D eigenvalue weighted by Crippen LogP contribution is -2.41. The number of carbonyl (C=O) groups excluding carboxylic acids is 1. The molecule has 2 aliphatic heterocycles. The zero-order valence-corrected chi connectivity index (χ0v) is 26.8. The second kappa shape index (κ2) is 21.3. The Morgan fingerprint density at radius 2 is 1.83 bits per heavy atom. The van der Waals surface area contributed by atoms with Gasteiger partial charge in [-0.1, -0.05) is 38.5 Å². The molecule has 3 unspecified atom stereocenters. The molecule has 2 aliphatic rings. The molecule has 2 fully saturated rings. The lowest BCUT2D eigenvalue weighted by atomic mass is 10.0. The van der Waals surface area contributed by atoms with Crippen molar-refractivity contribution in [1.82, 2.24) is 9.78 Å². The minimum Gasteiger partial charge on any atom is -0.446 e. The Morgan fingerprint density at radius 3 is 2.43 bits per heavy atom. The van der Waals surface area contributed by atoms with Crippen LogP contribution in [0.2, 0.25) is 0 Å². The van der Waals surface area contributed by atoms with Crippen molar-refractivity contribution in [3.05, 3.63) is 34.8 Å². The third-order valence-corrected chi connectivity index (χ3v) is 6.77. The number of nitrogens with zero attached hydrogens (tertiary/aromatic N) is 2. The zero-order valence-electron chi connectivity index (χ0n) is 26.8. The van der Waals surface area contributed by atoms with E-state index in [-0.39, 0.29) is 37.9 Å². The lowest BCUT2D eigenvalue weighted by molar-refractivity contribution is -0.187. The lowest BCUT2D eigenvalue weighted by Gasteiger charge is -2.32. The van der Waals surface area contributed by atoms with Crippen molar-refractivity contribution in [2.24, 2.45) is 0 Å². The number of aliphatic hydroxyl groups is 1. The van der Waals surface area contributed by atoms with Gasteiger partial charge in [0.05, 0.1) is 30.7 Å². The highest BCUT2D eigenvalue weighted by atomic mass is 19.1. The van der Waals surface area contributed by atoms with Crippen molar-refractivity contribution in [2.75, 3.05) is 40.6 Å². The van der Waals surface area contributed by atoms with Gasteiger partial charge in [0.1, 0.15) is 6.61 Å². The fourth-order valence-electron chi connectivity index (χ4n) is 4.61. The molecule has 10 nitrogen and oxygen atoms in total. The fraction of sp³-hybridized carbons (Fsp3) is 0.742. The monoisotopic (exact) mass is 600 g/mol. The van der Waals surface area contributed by atoms with Gasteiger partial charge in [-0.3, -0.25) is 4.68 Å². The first kappa shape index (κ1) is 37.6. The molecule has 1 aromatic rings. The molecule has 0 radical (unpaired) electrons. The molecular weight excluding hydrogens is 547 g/mol. The molecule has 3 heterocycles. The van der Waals surface area contributed by atoms with Gasteiger partial charge in [0.15, 0.2) is 0 Å². The van der Waals surface area contributed by atoms with E-state index in [1.807, 2.05) is 38.5 Å². The molecular formula is C31H53FN2O8. The fourth-order valence-corrected chi connectivity index (χ4v) is 4.61. The molecule has 0 bridgehead atoms. The van der Waals surface area contributed by atoms with Crippen LogP contribution in [-0.4, -0.2) is 80.2 Å². The van der Waals surface area contributed by atoms with Crippen molar-refractivity contribution in [2.45, 2.75) is 111 Å². The molecule has 0 saturated carbocycles. The third-order valence-electron chi connectivity index (χ3n) is 6.77. The average Bonchev–Trinajstić information content (AvgIpc) is 3.29. The number of ether oxygens (including phenoxy) is 6. The normalized spacial score (nSPS) is 21.4. The van der Waals surface area contributed by atoms with Gasteiger partial charge in [-0.25, -0.2) is 9.18 Å². The Labute approximate surface area is 251 Å². The molecule has 11 heteroatoms. The summed E-state index contributed by atoms with van der Waals surface area (Å²) in [7, 11) is 3.25. The molecule has 42 heavy (non-hydrogen) atoms. The Morgan fingerprint density at radius 1 is 1.17 bits per heavy atom. The van der Waals surface area contributed by atoms with Gasteiger partial charge >= 0.3 is 6.16 Å². The predicted octanol–water partition coefficient (Wildman–Crippen LogP) is 6.39. The van der Waals surface area contributed by atoms with Gasteiger partial charge < -0.3 is 33.5 Å². The smallest absolute Gasteiger partial charge is 0.446 e. The van der Waals surface area contributed by atoms with E-state index in [1.165, 1.54) is 6.08 Å². The first-order valence-electron chi connectivity index (χ1n) is 15.1. The molecule has 0 aromatic carbocycles. The Kier molecular flexibility index (Phi) is 19.0. The van der Waals surface area contributed by atoms with Gasteiger partial charge in [0, 0.05) is 64.4 Å². The Balaban J connectivity index is 0.00000165. The van der Waals surface area contributed by atoms with Crippen molar-refractivity contribution in [3.8, 4) is 5.88 Å². The standard InChI is InChI=1S/C27H41FN2O7.C2H6O.C2H6/c1-5-19(8-9-20(28)6-2)14-24-18(4)30(21-10-12-33-13-11-21)29-26(24)37-25-16-22(31)15-23(36-25)17-35-27(32)34-7-3;1-3-2;1-2/h6,8,21-23,25,31H,5,7,9-17H2,1-4H3;1-2H3;1-2H3/b19-8+,20-6+;;. The number of hydrogen-bond donors (Lipinski definition) is 1. The van der Waals surface area contributed by atoms with Gasteiger partial charge in [0.2, 0.25) is 12.2 Å². The van der Waals surface area contributed by atoms with Crippen LogP contribution in [-0.2, 0) is 30.1 Å². The predicted molar refractivity (Wildman–Crippen MR) is 159 cm³/mol. The van der Waals surface area contributed by atoms with E-state index >= 15 is 0 Å². The number of aliphatic hydroxyl groups excluding tert-OH is 1. The maximum atomic E-state index is 13.8. The number of methoxy groups -OCH3 is 1. The van der Waals surface area contributed by atoms with E-state index in [2.05, 4.69) is 4.74 Å². The van der Waals surface area contributed by atoms with Crippen molar-refractivity contribution >= 4 is 6.16 Å². The number of hydrogen-bond acceptors (Lipinski definition) is 9. The van der Waals surface area contributed by atoms with Crippen LogP contribution in [0.1, 0.15) is 90.4 Å². The molecule has 0 aliphatic carbocycles. The molecule has 2 saturated heterocycles. The number of rotatable bonds is 11. The summed E-state index contributed by atoms with van der Waals surface area (Å²) in [6.07, 6.45) is 4.55. The SMILES string of the molecule is C/C=C(/F)C/C=C(\CC)Cc1c(OC2CC(O)CC(COC(=O)OCC)O2)nn(C2CCOCC2)c1C.CC.COC. The minimum absolute atomic E-state index is 0.0443. The van der Waals surface area contributed by atoms with E-state index in [9.17, 15) is 14.3 Å². The van der Waals surface area contributed by atoms with Gasteiger partial charge in [-0.2, -0.15) is 0 Å². The van der Waals surface area contributed by atoms with Crippen LogP contribution >= 0.6 is 0 Å². The third kappa shape index (κ3) is 12.8. The summed E-state index contributed by atoms with van der Waals surface area (Å²) in [5, 5.41) is 15.3. The molecule has 3 atom stereocenters. The summed E-state index contributed by atoms with van der Waals surface area (Å²) in [5.74, 6) is 0.275. The highest BCUT2D eigenvalue weighted by molar-refractivity contribution is 5.59. The average molecular weight is 601 g/mol. The van der Waals surface area contributed by atoms with Crippen molar-refractivity contribution in [1.29, 1.82) is 0 Å². The summed E-state index contributed by atoms with van der Waals surface area (Å²) in [6, 6.07) is 0.197. The van der Waals surface area contributed by atoms with Crippen LogP contribution in [0.15, 0.2) is 23.6 Å². The van der Waals surface area contributed by atoms with Gasteiger partial charge in [-0.15, -0.1) is 5.10 Å². The maximum Gasteiger partial charge on any atom is 0.508 e. The summed E-state index contributed by atoms with van der Waals surface area (Å²) >= 11 is 0. The van der Waals surface area contributed by atoms with Crippen LogP contribution in [0.5, 0.6) is 5.88 Å². The van der Waals surface area contributed by atoms with Crippen LogP contribution in [0.3, 0.4) is 0 Å². The summed E-state index contributed by atoms with van der Waals surface area (Å²) < 4.78 is 47.7. The van der Waals surface area contributed by atoms with Crippen LogP contribution < -0.4 is 4.74 Å². The Bertz CT molecular complexity index is 959. The first-order chi connectivity index (χ1) is 20.3. The molecule has 1 N–H and O–H groups in total. The minimum atomic E-state index is -0.773. The van der Waals surface area contributed by atoms with Gasteiger partial charge in [0.25, 0.3) is 0 Å². The second-order valence-electron chi connectivity index (χ2n) is 9.82. The van der Waals surface area contributed by atoms with Crippen LogP contribution in [0, 0.1) is 6.92 Å². The number of carbonyl (C=O) groups is 1. The quantitative estimate of drug-likeness (QED) is 0.228. The summed E-state index contributed by atoms with van der Waals surface area (Å²) in [5.41, 5.74) is 3.00. The maximum absolute atomic E-state index is 13.8. The topological polar surface area (TPSA) is 110 Å². The number of halogens is 1. The first-order valence-corrected chi connectivity index (χ1v) is 15.1. The molecule has 0 spiro atoms. The van der Waals surface area contributed by atoms with E-state index in [1.54, 1.807) is 28.1 Å². The molecule has 0 amide bonds. The largest absolute Gasteiger partial charge is 0.508 e. The highest BCUT2D eigenvalue weighted by Gasteiger charge is 2.33. The van der Waals surface area contributed by atoms with Crippen molar-refractivity contribution in [3.63, 3.8) is 0 Å². The van der Waals surface area contributed by atoms with E-state index in [0.29, 0.717) is 31.9 Å². The second-order valence-corrected chi connectivity index (χ2v) is 9.82. The Hall–Kier alpha value is -2.47. The highest BCUT2D eigenvalue weighted by Crippen LogP contribution is 2.33. The van der Waals surface area contributed by atoms with Crippen LogP contribution in [0.4, 0.5) is 9.18 Å². The number of aromatic nitrogens is 2. The number of allylic oxidation sites excluding steroid dienone is 4.